The Morgan fingerprint density at radius 3 is 2.75 bits per heavy atom. The van der Waals surface area contributed by atoms with E-state index in [4.69, 9.17) is 5.73 Å². The molecule has 3 N–H and O–H groups in total. The van der Waals surface area contributed by atoms with Gasteiger partial charge in [-0.2, -0.15) is 9.40 Å². The number of benzene rings is 1. The second kappa shape index (κ2) is 5.22. The monoisotopic (exact) mass is 298 g/mol. The van der Waals surface area contributed by atoms with Crippen LogP contribution < -0.4 is 5.73 Å². The van der Waals surface area contributed by atoms with Crippen molar-refractivity contribution >= 4 is 15.7 Å². The number of sulfonamides is 1. The van der Waals surface area contributed by atoms with Gasteiger partial charge in [0.1, 0.15) is 5.82 Å². The number of anilines is 1. The van der Waals surface area contributed by atoms with Crippen molar-refractivity contribution in [2.45, 2.75) is 18.4 Å². The molecule has 0 spiro atoms. The Balaban J connectivity index is 2.40. The number of aromatic nitrogens is 2. The highest BCUT2D eigenvalue weighted by Crippen LogP contribution is 2.25. The van der Waals surface area contributed by atoms with Crippen molar-refractivity contribution in [3.05, 3.63) is 41.5 Å². The Hall–Kier alpha value is -1.93. The van der Waals surface area contributed by atoms with Crippen molar-refractivity contribution < 1.29 is 12.8 Å². The molecule has 0 aliphatic carbocycles. The molecule has 0 saturated carbocycles. The molecule has 2 rings (SSSR count). The maximum Gasteiger partial charge on any atom is 0.243 e. The molecule has 6 nitrogen and oxygen atoms in total. The second-order valence-corrected chi connectivity index (χ2v) is 6.51. The van der Waals surface area contributed by atoms with E-state index in [-0.39, 0.29) is 22.7 Å². The van der Waals surface area contributed by atoms with Crippen molar-refractivity contribution in [3.63, 3.8) is 0 Å². The molecule has 0 radical (unpaired) electrons. The van der Waals surface area contributed by atoms with Crippen LogP contribution in [0.1, 0.15) is 11.1 Å². The largest absolute Gasteiger partial charge is 0.399 e. The summed E-state index contributed by atoms with van der Waals surface area (Å²) in [7, 11) is -2.40. The van der Waals surface area contributed by atoms with E-state index in [0.717, 1.165) is 10.4 Å². The number of hydrogen-bond acceptors (Lipinski definition) is 4. The van der Waals surface area contributed by atoms with Crippen molar-refractivity contribution in [2.24, 2.45) is 0 Å². The lowest BCUT2D eigenvalue weighted by Gasteiger charge is -2.18. The van der Waals surface area contributed by atoms with Crippen LogP contribution in [0, 0.1) is 12.7 Å². The molecule has 0 amide bonds. The highest BCUT2D eigenvalue weighted by atomic mass is 32.2. The Morgan fingerprint density at radius 2 is 2.15 bits per heavy atom. The summed E-state index contributed by atoms with van der Waals surface area (Å²) in [6.07, 6.45) is 3.12. The van der Waals surface area contributed by atoms with E-state index < -0.39 is 15.8 Å². The highest BCUT2D eigenvalue weighted by molar-refractivity contribution is 7.89. The molecule has 0 saturated heterocycles. The Kier molecular flexibility index (Phi) is 3.78. The zero-order chi connectivity index (χ0) is 14.9. The summed E-state index contributed by atoms with van der Waals surface area (Å²) in [5.74, 6) is -0.639. The minimum Gasteiger partial charge on any atom is -0.399 e. The van der Waals surface area contributed by atoms with Crippen molar-refractivity contribution in [3.8, 4) is 0 Å². The first-order valence-corrected chi connectivity index (χ1v) is 7.26. The molecular weight excluding hydrogens is 283 g/mol. The molecule has 0 bridgehead atoms. The fourth-order valence-electron chi connectivity index (χ4n) is 1.82. The number of nitrogens with two attached hydrogens (primary N) is 1. The van der Waals surface area contributed by atoms with E-state index in [1.807, 2.05) is 0 Å². The van der Waals surface area contributed by atoms with Gasteiger partial charge < -0.3 is 5.73 Å². The molecule has 20 heavy (non-hydrogen) atoms. The van der Waals surface area contributed by atoms with Crippen molar-refractivity contribution in [1.29, 1.82) is 0 Å². The maximum absolute atomic E-state index is 13.6. The van der Waals surface area contributed by atoms with E-state index in [1.54, 1.807) is 6.20 Å². The number of nitrogens with zero attached hydrogens (tertiary/aromatic N) is 2. The Labute approximate surface area is 116 Å². The van der Waals surface area contributed by atoms with Crippen LogP contribution in [-0.4, -0.2) is 30.0 Å². The summed E-state index contributed by atoms with van der Waals surface area (Å²) in [6.45, 7) is 1.54. The zero-order valence-electron chi connectivity index (χ0n) is 11.1. The van der Waals surface area contributed by atoms with Gasteiger partial charge in [0.05, 0.1) is 11.1 Å². The van der Waals surface area contributed by atoms with E-state index in [2.05, 4.69) is 10.2 Å². The number of hydrogen-bond donors (Lipinski definition) is 2. The van der Waals surface area contributed by atoms with Crippen molar-refractivity contribution in [2.75, 3.05) is 12.8 Å². The van der Waals surface area contributed by atoms with Gasteiger partial charge >= 0.3 is 0 Å². The predicted octanol–water partition coefficient (Wildman–Crippen LogP) is 1.26. The number of H-pyrrole nitrogens is 1. The van der Waals surface area contributed by atoms with Gasteiger partial charge in [-0.15, -0.1) is 0 Å². The Bertz CT molecular complexity index is 713. The normalized spacial score (nSPS) is 12.0. The lowest BCUT2D eigenvalue weighted by molar-refractivity contribution is 0.465. The fraction of sp³-hybridized carbons (Fsp3) is 0.250. The topological polar surface area (TPSA) is 92.1 Å². The summed E-state index contributed by atoms with van der Waals surface area (Å²) in [5.41, 5.74) is 6.36. The van der Waals surface area contributed by atoms with Gasteiger partial charge in [-0.25, -0.2) is 12.8 Å². The molecule has 0 fully saturated rings. The minimum absolute atomic E-state index is 0.0539. The first-order chi connectivity index (χ1) is 9.32. The summed E-state index contributed by atoms with van der Waals surface area (Å²) < 4.78 is 39.7. The van der Waals surface area contributed by atoms with E-state index in [1.165, 1.54) is 26.2 Å². The molecule has 2 aromatic rings. The third-order valence-electron chi connectivity index (χ3n) is 2.97. The summed E-state index contributed by atoms with van der Waals surface area (Å²) in [6, 6.07) is 2.37. The third-order valence-corrected chi connectivity index (χ3v) is 4.90. The molecule has 108 valence electrons. The molecule has 1 heterocycles. The van der Waals surface area contributed by atoms with Crippen LogP contribution in [0.15, 0.2) is 29.4 Å². The molecule has 0 unspecified atom stereocenters. The van der Waals surface area contributed by atoms with E-state index in [9.17, 15) is 12.8 Å². The van der Waals surface area contributed by atoms with Gasteiger partial charge in [0, 0.05) is 36.6 Å². The van der Waals surface area contributed by atoms with Gasteiger partial charge in [-0.05, 0) is 19.1 Å². The predicted molar refractivity (Wildman–Crippen MR) is 72.8 cm³/mol. The van der Waals surface area contributed by atoms with Gasteiger partial charge in [-0.1, -0.05) is 0 Å². The number of halogens is 1. The number of nitrogens with one attached hydrogen (secondary N) is 1. The summed E-state index contributed by atoms with van der Waals surface area (Å²) in [4.78, 5) is -0.124. The fourth-order valence-corrected chi connectivity index (χ4v) is 3.24. The smallest absolute Gasteiger partial charge is 0.243 e. The van der Waals surface area contributed by atoms with Crippen LogP contribution in [0.2, 0.25) is 0 Å². The van der Waals surface area contributed by atoms with Crippen LogP contribution in [-0.2, 0) is 16.6 Å². The average molecular weight is 298 g/mol. The quantitative estimate of drug-likeness (QED) is 0.831. The minimum atomic E-state index is -3.82. The molecule has 1 aromatic heterocycles. The zero-order valence-corrected chi connectivity index (χ0v) is 11.9. The molecule has 0 atom stereocenters. The van der Waals surface area contributed by atoms with Crippen LogP contribution in [0.5, 0.6) is 0 Å². The van der Waals surface area contributed by atoms with Gasteiger partial charge in [0.15, 0.2) is 0 Å². The molecule has 1 aromatic carbocycles. The lowest BCUT2D eigenvalue weighted by Crippen LogP contribution is -2.27. The van der Waals surface area contributed by atoms with Crippen molar-refractivity contribution in [1.82, 2.24) is 14.5 Å². The standard InChI is InChI=1S/C12H15FN4O2S/c1-8-11(13)3-10(14)4-12(8)20(18,19)17(2)7-9-5-15-16-6-9/h3-6H,7,14H2,1-2H3,(H,15,16). The summed E-state index contributed by atoms with van der Waals surface area (Å²) in [5, 5.41) is 6.35. The van der Waals surface area contributed by atoms with Gasteiger partial charge in [0.2, 0.25) is 10.0 Å². The molecule has 0 aliphatic heterocycles. The second-order valence-electron chi connectivity index (χ2n) is 4.49. The van der Waals surface area contributed by atoms with Gasteiger partial charge in [-0.3, -0.25) is 5.10 Å². The van der Waals surface area contributed by atoms with E-state index >= 15 is 0 Å². The number of aromatic amines is 1. The van der Waals surface area contributed by atoms with Crippen LogP contribution in [0.4, 0.5) is 10.1 Å². The SMILES string of the molecule is Cc1c(F)cc(N)cc1S(=O)(=O)N(C)Cc1cn[nH]c1. The molecular formula is C12H15FN4O2S. The number of rotatable bonds is 4. The van der Waals surface area contributed by atoms with Crippen LogP contribution in [0.3, 0.4) is 0 Å². The maximum atomic E-state index is 13.6. The number of nitrogen functional groups attached to an aromatic ring is 1. The first-order valence-electron chi connectivity index (χ1n) is 5.82. The van der Waals surface area contributed by atoms with Crippen LogP contribution in [0.25, 0.3) is 0 Å². The van der Waals surface area contributed by atoms with E-state index in [0.29, 0.717) is 5.56 Å². The highest BCUT2D eigenvalue weighted by Gasteiger charge is 2.25. The molecule has 0 aliphatic rings. The van der Waals surface area contributed by atoms with Crippen LogP contribution >= 0.6 is 0 Å². The lowest BCUT2D eigenvalue weighted by atomic mass is 10.2. The van der Waals surface area contributed by atoms with Gasteiger partial charge in [0.25, 0.3) is 0 Å². The first kappa shape index (κ1) is 14.5. The summed E-state index contributed by atoms with van der Waals surface area (Å²) >= 11 is 0. The molecule has 8 heteroatoms. The Morgan fingerprint density at radius 1 is 1.45 bits per heavy atom. The third kappa shape index (κ3) is 2.66. The average Bonchev–Trinajstić information content (AvgIpc) is 2.86.